The second-order valence-corrected chi connectivity index (χ2v) is 9.94. The number of likely N-dealkylation sites (tertiary alicyclic amines) is 1. The molecule has 0 N–H and O–H groups in total. The molecule has 2 aromatic rings. The van der Waals surface area contributed by atoms with Gasteiger partial charge in [0.15, 0.2) is 0 Å². The van der Waals surface area contributed by atoms with Gasteiger partial charge >= 0.3 is 23.8 Å². The number of alkyl halides is 1. The Morgan fingerprint density at radius 2 is 1.93 bits per heavy atom. The molecule has 3 heterocycles. The Bertz CT molecular complexity index is 1330. The van der Waals surface area contributed by atoms with Gasteiger partial charge in [-0.25, -0.2) is 14.0 Å². The number of carbonyl (C=O) groups excluding carboxylic acids is 2. The summed E-state index contributed by atoms with van der Waals surface area (Å²) in [5, 5.41) is 21.7. The Morgan fingerprint density at radius 1 is 1.17 bits per heavy atom. The van der Waals surface area contributed by atoms with E-state index in [1.165, 1.54) is 9.80 Å². The van der Waals surface area contributed by atoms with Gasteiger partial charge in [-0.1, -0.05) is 30.3 Å². The van der Waals surface area contributed by atoms with Gasteiger partial charge in [0.25, 0.3) is 0 Å². The number of piperazine rings is 1. The monoisotopic (exact) mass is 585 g/mol. The lowest BCUT2D eigenvalue weighted by Crippen LogP contribution is -2.55. The molecule has 3 atom stereocenters. The standard InChI is InChI=1S/C27H32FN7O7/c1-3-40-25(36)22-23(35(38)39)24(31-26(30-22)41-17-21-13-19(28)14-32(21)2)33-11-12-34(20(15-33)9-10-29)27(37)42-16-18-7-5-4-6-8-18/h4-8,19-21H,3,9,11-17H2,1-2H3/t19-,20?,21+/m1/s1. The predicted octanol–water partition coefficient (Wildman–Crippen LogP) is 2.72. The van der Waals surface area contributed by atoms with Gasteiger partial charge in [0, 0.05) is 32.2 Å². The Balaban J connectivity index is 1.59. The van der Waals surface area contributed by atoms with Crippen molar-refractivity contribution >= 4 is 23.6 Å². The Kier molecular flexibility index (Phi) is 10.0. The van der Waals surface area contributed by atoms with Crippen molar-refractivity contribution < 1.29 is 33.1 Å². The first-order valence-corrected chi connectivity index (χ1v) is 13.5. The van der Waals surface area contributed by atoms with Gasteiger partial charge in [-0.2, -0.15) is 15.2 Å². The molecule has 14 nitrogen and oxygen atoms in total. The van der Waals surface area contributed by atoms with Crippen LogP contribution in [0, 0.1) is 21.4 Å². The fraction of sp³-hybridized carbons (Fsp3) is 0.519. The van der Waals surface area contributed by atoms with E-state index < -0.39 is 40.6 Å². The Labute approximate surface area is 241 Å². The molecule has 0 spiro atoms. The zero-order valence-electron chi connectivity index (χ0n) is 23.3. The van der Waals surface area contributed by atoms with Crippen LogP contribution in [-0.2, 0) is 16.1 Å². The molecular formula is C27H32FN7O7. The summed E-state index contributed by atoms with van der Waals surface area (Å²) in [7, 11) is 1.75. The van der Waals surface area contributed by atoms with Crippen LogP contribution < -0.4 is 9.64 Å². The highest BCUT2D eigenvalue weighted by atomic mass is 19.1. The maximum Gasteiger partial charge on any atom is 0.410 e. The fourth-order valence-corrected chi connectivity index (χ4v) is 4.97. The van der Waals surface area contributed by atoms with E-state index in [1.807, 2.05) is 36.4 Å². The lowest BCUT2D eigenvalue weighted by Gasteiger charge is -2.40. The van der Waals surface area contributed by atoms with Gasteiger partial charge in [0.1, 0.15) is 19.4 Å². The maximum atomic E-state index is 13.8. The third-order valence-corrected chi connectivity index (χ3v) is 7.09. The molecule has 0 bridgehead atoms. The number of likely N-dealkylation sites (N-methyl/N-ethyl adjacent to an activating group) is 1. The van der Waals surface area contributed by atoms with Crippen LogP contribution in [0.25, 0.3) is 0 Å². The molecule has 0 radical (unpaired) electrons. The summed E-state index contributed by atoms with van der Waals surface area (Å²) in [4.78, 5) is 50.1. The third-order valence-electron chi connectivity index (χ3n) is 7.09. The Morgan fingerprint density at radius 3 is 2.57 bits per heavy atom. The molecule has 1 aromatic heterocycles. The van der Waals surface area contributed by atoms with Crippen LogP contribution in [0.1, 0.15) is 35.8 Å². The molecule has 42 heavy (non-hydrogen) atoms. The van der Waals surface area contributed by atoms with Crippen LogP contribution in [0.3, 0.4) is 0 Å². The van der Waals surface area contributed by atoms with E-state index in [9.17, 15) is 29.4 Å². The first-order valence-electron chi connectivity index (χ1n) is 13.5. The van der Waals surface area contributed by atoms with Crippen molar-refractivity contribution in [3.63, 3.8) is 0 Å². The quantitative estimate of drug-likeness (QED) is 0.228. The lowest BCUT2D eigenvalue weighted by atomic mass is 10.1. The number of ether oxygens (including phenoxy) is 3. The molecule has 2 fully saturated rings. The number of carbonyl (C=O) groups is 2. The minimum Gasteiger partial charge on any atom is -0.462 e. The van der Waals surface area contributed by atoms with Gasteiger partial charge in [-0.15, -0.1) is 0 Å². The average Bonchev–Trinajstić information content (AvgIpc) is 3.31. The van der Waals surface area contributed by atoms with E-state index in [4.69, 9.17) is 14.2 Å². The number of halogens is 1. The third kappa shape index (κ3) is 7.19. The van der Waals surface area contributed by atoms with Crippen LogP contribution in [-0.4, -0.2) is 101 Å². The van der Waals surface area contributed by atoms with Crippen molar-refractivity contribution in [1.82, 2.24) is 19.8 Å². The summed E-state index contributed by atoms with van der Waals surface area (Å²) in [6, 6.07) is 9.88. The number of rotatable bonds is 10. The van der Waals surface area contributed by atoms with Crippen molar-refractivity contribution in [3.8, 4) is 12.1 Å². The van der Waals surface area contributed by atoms with Gasteiger partial charge in [0.2, 0.25) is 11.5 Å². The summed E-state index contributed by atoms with van der Waals surface area (Å²) >= 11 is 0. The lowest BCUT2D eigenvalue weighted by molar-refractivity contribution is -0.385. The van der Waals surface area contributed by atoms with Crippen LogP contribution in [0.15, 0.2) is 30.3 Å². The van der Waals surface area contributed by atoms with Crippen LogP contribution in [0.2, 0.25) is 0 Å². The van der Waals surface area contributed by atoms with E-state index in [2.05, 4.69) is 9.97 Å². The number of nitriles is 1. The summed E-state index contributed by atoms with van der Waals surface area (Å²) in [6.07, 6.45) is -1.49. The minimum atomic E-state index is -1.03. The van der Waals surface area contributed by atoms with E-state index >= 15 is 0 Å². The molecule has 1 aromatic carbocycles. The molecule has 2 aliphatic heterocycles. The van der Waals surface area contributed by atoms with Crippen molar-refractivity contribution in [1.29, 1.82) is 5.26 Å². The molecule has 4 rings (SSSR count). The summed E-state index contributed by atoms with van der Waals surface area (Å²) in [5.74, 6) is -1.24. The largest absolute Gasteiger partial charge is 0.462 e. The number of benzene rings is 1. The maximum absolute atomic E-state index is 13.8. The summed E-state index contributed by atoms with van der Waals surface area (Å²) < 4.78 is 30.0. The van der Waals surface area contributed by atoms with Crippen molar-refractivity contribution in [2.75, 3.05) is 51.3 Å². The molecule has 2 aliphatic rings. The molecule has 15 heteroatoms. The van der Waals surface area contributed by atoms with E-state index in [0.717, 1.165) is 5.56 Å². The van der Waals surface area contributed by atoms with E-state index in [1.54, 1.807) is 18.9 Å². The molecular weight excluding hydrogens is 553 g/mol. The number of hydrogen-bond acceptors (Lipinski definition) is 12. The van der Waals surface area contributed by atoms with Gasteiger partial charge in [-0.05, 0) is 26.0 Å². The second kappa shape index (κ2) is 13.9. The number of nitrogens with zero attached hydrogens (tertiary/aromatic N) is 7. The van der Waals surface area contributed by atoms with Crippen molar-refractivity contribution in [2.24, 2.45) is 0 Å². The number of amides is 1. The van der Waals surface area contributed by atoms with Gasteiger partial charge < -0.3 is 24.0 Å². The predicted molar refractivity (Wildman–Crippen MR) is 146 cm³/mol. The second-order valence-electron chi connectivity index (χ2n) is 9.94. The molecule has 1 amide bonds. The number of esters is 1. The molecule has 1 unspecified atom stereocenters. The zero-order valence-corrected chi connectivity index (χ0v) is 23.3. The van der Waals surface area contributed by atoms with E-state index in [-0.39, 0.29) is 76.7 Å². The van der Waals surface area contributed by atoms with Crippen LogP contribution in [0.4, 0.5) is 20.7 Å². The number of anilines is 1. The van der Waals surface area contributed by atoms with Crippen LogP contribution in [0.5, 0.6) is 6.01 Å². The fourth-order valence-electron chi connectivity index (χ4n) is 4.97. The zero-order chi connectivity index (χ0) is 30.2. The first kappa shape index (κ1) is 30.4. The molecule has 0 saturated carbocycles. The smallest absolute Gasteiger partial charge is 0.410 e. The number of hydrogen-bond donors (Lipinski definition) is 0. The van der Waals surface area contributed by atoms with E-state index in [0.29, 0.717) is 0 Å². The summed E-state index contributed by atoms with van der Waals surface area (Å²) in [6.45, 7) is 1.91. The molecule has 2 saturated heterocycles. The Hall–Kier alpha value is -4.58. The van der Waals surface area contributed by atoms with Gasteiger partial charge in [-0.3, -0.25) is 15.0 Å². The topological polar surface area (TPSA) is 164 Å². The van der Waals surface area contributed by atoms with Crippen molar-refractivity contribution in [3.05, 3.63) is 51.7 Å². The molecule has 224 valence electrons. The van der Waals surface area contributed by atoms with Gasteiger partial charge in [0.05, 0.1) is 30.1 Å². The first-order chi connectivity index (χ1) is 20.2. The molecule has 0 aliphatic carbocycles. The number of nitro groups is 1. The highest BCUT2D eigenvalue weighted by Crippen LogP contribution is 2.34. The highest BCUT2D eigenvalue weighted by molar-refractivity contribution is 5.94. The number of aromatic nitrogens is 2. The normalized spacial score (nSPS) is 20.6. The minimum absolute atomic E-state index is 0.00543. The average molecular weight is 586 g/mol. The SMILES string of the molecule is CCOC(=O)c1nc(OC[C@@H]2C[C@@H](F)CN2C)nc(N2CCN(C(=O)OCc3ccccc3)C(CC#N)C2)c1[N+](=O)[O-]. The van der Waals surface area contributed by atoms with Crippen LogP contribution >= 0.6 is 0 Å². The van der Waals surface area contributed by atoms with Crippen molar-refractivity contribution in [2.45, 2.75) is 44.6 Å². The summed E-state index contributed by atoms with van der Waals surface area (Å²) in [5.41, 5.74) is -0.479. The highest BCUT2D eigenvalue weighted by Gasteiger charge is 2.39.